The lowest BCUT2D eigenvalue weighted by Crippen LogP contribution is -2.42. The van der Waals surface area contributed by atoms with Crippen molar-refractivity contribution < 1.29 is 14.3 Å². The Morgan fingerprint density at radius 1 is 1.25 bits per heavy atom. The van der Waals surface area contributed by atoms with E-state index in [0.717, 1.165) is 17.9 Å². The van der Waals surface area contributed by atoms with Gasteiger partial charge in [-0.3, -0.25) is 4.79 Å². The van der Waals surface area contributed by atoms with Crippen molar-refractivity contribution in [3.05, 3.63) is 24.3 Å². The maximum Gasteiger partial charge on any atom is 0.142 e. The molecule has 1 atom stereocenters. The van der Waals surface area contributed by atoms with Crippen molar-refractivity contribution in [3.8, 4) is 11.5 Å². The van der Waals surface area contributed by atoms with Gasteiger partial charge < -0.3 is 9.47 Å². The summed E-state index contributed by atoms with van der Waals surface area (Å²) in [7, 11) is 1.63. The van der Waals surface area contributed by atoms with Gasteiger partial charge in [-0.2, -0.15) is 0 Å². The molecule has 0 radical (unpaired) electrons. The molecule has 1 fully saturated rings. The van der Waals surface area contributed by atoms with Crippen LogP contribution in [0.15, 0.2) is 24.3 Å². The first-order valence-electron chi connectivity index (χ1n) is 5.44. The minimum absolute atomic E-state index is 0.264. The molecule has 1 aliphatic carbocycles. The highest BCUT2D eigenvalue weighted by atomic mass is 16.5. The van der Waals surface area contributed by atoms with Crippen LogP contribution in [0, 0.1) is 5.41 Å². The molecule has 1 saturated carbocycles. The van der Waals surface area contributed by atoms with Crippen LogP contribution < -0.4 is 9.47 Å². The predicted molar refractivity (Wildman–Crippen MR) is 60.8 cm³/mol. The zero-order valence-electron chi connectivity index (χ0n) is 9.66. The van der Waals surface area contributed by atoms with Gasteiger partial charge in [-0.25, -0.2) is 0 Å². The van der Waals surface area contributed by atoms with Crippen molar-refractivity contribution in [2.45, 2.75) is 19.8 Å². The fraction of sp³-hybridized carbons (Fsp3) is 0.462. The molecular formula is C13H16O3. The van der Waals surface area contributed by atoms with Gasteiger partial charge in [0.05, 0.1) is 12.5 Å². The van der Waals surface area contributed by atoms with E-state index in [1.165, 1.54) is 0 Å². The number of methoxy groups -OCH3 is 1. The van der Waals surface area contributed by atoms with Crippen LogP contribution >= 0.6 is 0 Å². The molecule has 0 amide bonds. The second-order valence-corrected chi connectivity index (χ2v) is 4.45. The number of hydrogen-bond acceptors (Lipinski definition) is 3. The molecule has 0 spiro atoms. The molecule has 0 N–H and O–H groups in total. The number of Topliss-reactive ketones (excluding diaryl/α,β-unsaturated/α-hetero) is 1. The Morgan fingerprint density at radius 2 is 1.88 bits per heavy atom. The molecule has 3 nitrogen and oxygen atoms in total. The average molecular weight is 220 g/mol. The molecule has 0 saturated heterocycles. The lowest BCUT2D eigenvalue weighted by atomic mass is 9.70. The number of carbonyl (C=O) groups excluding carboxylic acids is 1. The first kappa shape index (κ1) is 11.0. The van der Waals surface area contributed by atoms with Crippen molar-refractivity contribution in [1.29, 1.82) is 0 Å². The summed E-state index contributed by atoms with van der Waals surface area (Å²) in [4.78, 5) is 11.4. The summed E-state index contributed by atoms with van der Waals surface area (Å²) in [6.45, 7) is 2.43. The molecule has 1 aliphatic rings. The molecular weight excluding hydrogens is 204 g/mol. The maximum absolute atomic E-state index is 11.4. The predicted octanol–water partition coefficient (Wildman–Crippen LogP) is 2.44. The summed E-state index contributed by atoms with van der Waals surface area (Å²) in [6, 6.07) is 7.40. The van der Waals surface area contributed by atoms with E-state index < -0.39 is 0 Å². The Bertz CT molecular complexity index is 383. The van der Waals surface area contributed by atoms with E-state index in [2.05, 4.69) is 0 Å². The van der Waals surface area contributed by atoms with Crippen LogP contribution in [0.3, 0.4) is 0 Å². The Labute approximate surface area is 95.4 Å². The standard InChI is InChI=1S/C13H16O3/c1-13(8-7-12(13)14)9-16-11-5-3-10(15-2)4-6-11/h3-6H,7-9H2,1-2H3/t13-/m1/s1. The lowest BCUT2D eigenvalue weighted by Gasteiger charge is -2.35. The topological polar surface area (TPSA) is 35.5 Å². The summed E-state index contributed by atoms with van der Waals surface area (Å²) in [6.07, 6.45) is 1.63. The van der Waals surface area contributed by atoms with Crippen molar-refractivity contribution in [1.82, 2.24) is 0 Å². The third-order valence-electron chi connectivity index (χ3n) is 3.19. The summed E-state index contributed by atoms with van der Waals surface area (Å²) in [5.41, 5.74) is -0.264. The van der Waals surface area contributed by atoms with E-state index in [4.69, 9.17) is 9.47 Å². The third kappa shape index (κ3) is 2.03. The second kappa shape index (κ2) is 4.16. The minimum Gasteiger partial charge on any atom is -0.497 e. The number of rotatable bonds is 4. The van der Waals surface area contributed by atoms with Gasteiger partial charge in [0.2, 0.25) is 0 Å². The van der Waals surface area contributed by atoms with Crippen LogP contribution in [-0.4, -0.2) is 19.5 Å². The molecule has 2 rings (SSSR count). The van der Waals surface area contributed by atoms with Crippen LogP contribution in [0.25, 0.3) is 0 Å². The summed E-state index contributed by atoms with van der Waals surface area (Å²) in [5.74, 6) is 1.89. The molecule has 1 aromatic rings. The van der Waals surface area contributed by atoms with Gasteiger partial charge in [-0.1, -0.05) is 0 Å². The number of hydrogen-bond donors (Lipinski definition) is 0. The van der Waals surface area contributed by atoms with Gasteiger partial charge in [-0.05, 0) is 37.6 Å². The quantitative estimate of drug-likeness (QED) is 0.781. The van der Waals surface area contributed by atoms with Crippen molar-refractivity contribution in [2.24, 2.45) is 5.41 Å². The van der Waals surface area contributed by atoms with Crippen LogP contribution in [0.1, 0.15) is 19.8 Å². The Kier molecular flexibility index (Phi) is 2.86. The van der Waals surface area contributed by atoms with E-state index >= 15 is 0 Å². The molecule has 3 heteroatoms. The summed E-state index contributed by atoms with van der Waals surface area (Å²) >= 11 is 0. The Morgan fingerprint density at radius 3 is 2.31 bits per heavy atom. The molecule has 0 heterocycles. The highest BCUT2D eigenvalue weighted by Gasteiger charge is 2.42. The molecule has 86 valence electrons. The van der Waals surface area contributed by atoms with Crippen molar-refractivity contribution in [2.75, 3.05) is 13.7 Å². The highest BCUT2D eigenvalue weighted by molar-refractivity contribution is 5.90. The molecule has 0 aliphatic heterocycles. The largest absolute Gasteiger partial charge is 0.497 e. The van der Waals surface area contributed by atoms with Crippen LogP contribution in [0.5, 0.6) is 11.5 Å². The summed E-state index contributed by atoms with van der Waals surface area (Å²) < 4.78 is 10.7. The van der Waals surface area contributed by atoms with E-state index in [0.29, 0.717) is 18.8 Å². The van der Waals surface area contributed by atoms with Gasteiger partial charge >= 0.3 is 0 Å². The highest BCUT2D eigenvalue weighted by Crippen LogP contribution is 2.37. The fourth-order valence-corrected chi connectivity index (χ4v) is 1.72. The fourth-order valence-electron chi connectivity index (χ4n) is 1.72. The van der Waals surface area contributed by atoms with E-state index in [1.807, 2.05) is 31.2 Å². The lowest BCUT2D eigenvalue weighted by molar-refractivity contribution is -0.139. The molecule has 0 bridgehead atoms. The maximum atomic E-state index is 11.4. The van der Waals surface area contributed by atoms with Crippen LogP contribution in [-0.2, 0) is 4.79 Å². The molecule has 1 aromatic carbocycles. The van der Waals surface area contributed by atoms with Gasteiger partial charge in [0.15, 0.2) is 0 Å². The first-order valence-corrected chi connectivity index (χ1v) is 5.44. The van der Waals surface area contributed by atoms with Gasteiger partial charge in [0.1, 0.15) is 23.9 Å². The zero-order valence-corrected chi connectivity index (χ0v) is 9.66. The van der Waals surface area contributed by atoms with Crippen molar-refractivity contribution >= 4 is 5.78 Å². The van der Waals surface area contributed by atoms with E-state index in [1.54, 1.807) is 7.11 Å². The molecule has 0 aromatic heterocycles. The molecule has 0 unspecified atom stereocenters. The van der Waals surface area contributed by atoms with Crippen molar-refractivity contribution in [3.63, 3.8) is 0 Å². The van der Waals surface area contributed by atoms with Gasteiger partial charge in [-0.15, -0.1) is 0 Å². The normalized spacial score (nSPS) is 23.8. The van der Waals surface area contributed by atoms with Gasteiger partial charge in [0.25, 0.3) is 0 Å². The SMILES string of the molecule is COc1ccc(OC[C@@]2(C)CCC2=O)cc1. The van der Waals surface area contributed by atoms with Gasteiger partial charge in [0, 0.05) is 6.42 Å². The number of benzene rings is 1. The third-order valence-corrected chi connectivity index (χ3v) is 3.19. The second-order valence-electron chi connectivity index (χ2n) is 4.45. The van der Waals surface area contributed by atoms with E-state index in [9.17, 15) is 4.79 Å². The van der Waals surface area contributed by atoms with Crippen LogP contribution in [0.2, 0.25) is 0 Å². The first-order chi connectivity index (χ1) is 7.64. The average Bonchev–Trinajstić information content (AvgIpc) is 2.34. The number of ketones is 1. The molecule has 16 heavy (non-hydrogen) atoms. The Balaban J connectivity index is 1.92. The minimum atomic E-state index is -0.264. The Hall–Kier alpha value is -1.51. The monoisotopic (exact) mass is 220 g/mol. The number of ether oxygens (including phenoxy) is 2. The summed E-state index contributed by atoms with van der Waals surface area (Å²) in [5, 5.41) is 0. The zero-order chi connectivity index (χ0) is 11.6. The smallest absolute Gasteiger partial charge is 0.142 e. The number of carbonyl (C=O) groups is 1. The van der Waals surface area contributed by atoms with E-state index in [-0.39, 0.29) is 5.41 Å². The van der Waals surface area contributed by atoms with Crippen LogP contribution in [0.4, 0.5) is 0 Å².